The van der Waals surface area contributed by atoms with Crippen molar-refractivity contribution in [1.29, 1.82) is 0 Å². The van der Waals surface area contributed by atoms with E-state index in [2.05, 4.69) is 15.5 Å². The van der Waals surface area contributed by atoms with Crippen LogP contribution in [0.25, 0.3) is 0 Å². The van der Waals surface area contributed by atoms with Crippen LogP contribution in [0.3, 0.4) is 0 Å². The van der Waals surface area contributed by atoms with E-state index in [0.29, 0.717) is 10.7 Å². The van der Waals surface area contributed by atoms with Crippen LogP contribution in [0.15, 0.2) is 36.5 Å². The molecule has 76 valence electrons. The van der Waals surface area contributed by atoms with Crippen LogP contribution in [0.5, 0.6) is 0 Å². The van der Waals surface area contributed by atoms with Crippen molar-refractivity contribution in [2.45, 2.75) is 0 Å². The Bertz CT molecular complexity index is 467. The Morgan fingerprint density at radius 3 is 2.67 bits per heavy atom. The summed E-state index contributed by atoms with van der Waals surface area (Å²) in [5.41, 5.74) is 0.980. The number of hydrogen-bond acceptors (Lipinski definition) is 2. The van der Waals surface area contributed by atoms with E-state index in [1.807, 2.05) is 18.2 Å². The van der Waals surface area contributed by atoms with Gasteiger partial charge in [0.25, 0.3) is 5.91 Å². The molecule has 0 saturated carbocycles. The maximum atomic E-state index is 11.6. The molecule has 2 rings (SSSR count). The first-order valence-corrected chi connectivity index (χ1v) is 4.70. The number of nitrogens with zero attached hydrogens (tertiary/aromatic N) is 1. The van der Waals surface area contributed by atoms with E-state index in [0.717, 1.165) is 0 Å². The molecule has 0 fully saturated rings. The Kier molecular flexibility index (Phi) is 2.69. The van der Waals surface area contributed by atoms with Gasteiger partial charge in [-0.25, -0.2) is 0 Å². The number of carbonyl (C=O) groups is 1. The first-order chi connectivity index (χ1) is 7.27. The Morgan fingerprint density at radius 2 is 2.07 bits per heavy atom. The van der Waals surface area contributed by atoms with Crippen LogP contribution in [-0.2, 0) is 0 Å². The lowest BCUT2D eigenvalue weighted by Gasteiger charge is -2.02. The predicted molar refractivity (Wildman–Crippen MR) is 58.0 cm³/mol. The number of carbonyl (C=O) groups excluding carboxylic acids is 1. The van der Waals surface area contributed by atoms with Crippen LogP contribution >= 0.6 is 11.6 Å². The monoisotopic (exact) mass is 221 g/mol. The molecule has 4 nitrogen and oxygen atoms in total. The van der Waals surface area contributed by atoms with E-state index in [9.17, 15) is 4.79 Å². The fourth-order valence-corrected chi connectivity index (χ4v) is 1.32. The van der Waals surface area contributed by atoms with Gasteiger partial charge in [0.15, 0.2) is 0 Å². The molecule has 1 aromatic carbocycles. The number of rotatable bonds is 2. The Morgan fingerprint density at radius 1 is 1.33 bits per heavy atom. The number of aromatic amines is 1. The minimum absolute atomic E-state index is 0.264. The second-order valence-electron chi connectivity index (χ2n) is 2.91. The Hall–Kier alpha value is -1.81. The van der Waals surface area contributed by atoms with Crippen molar-refractivity contribution in [3.05, 3.63) is 47.2 Å². The molecule has 2 aromatic rings. The molecule has 5 heteroatoms. The van der Waals surface area contributed by atoms with Gasteiger partial charge >= 0.3 is 0 Å². The quantitative estimate of drug-likeness (QED) is 0.818. The lowest BCUT2D eigenvalue weighted by atomic mass is 10.3. The van der Waals surface area contributed by atoms with Gasteiger partial charge in [0, 0.05) is 5.69 Å². The maximum absolute atomic E-state index is 11.6. The second-order valence-corrected chi connectivity index (χ2v) is 3.32. The standard InChI is InChI=1S/C10H8ClN3O/c11-8-6-12-14-9(8)10(15)13-7-4-2-1-3-5-7/h1-6H,(H,12,14)(H,13,15). The van der Waals surface area contributed by atoms with E-state index in [1.54, 1.807) is 12.1 Å². The van der Waals surface area contributed by atoms with Crippen molar-refractivity contribution in [2.75, 3.05) is 5.32 Å². The van der Waals surface area contributed by atoms with E-state index in [-0.39, 0.29) is 11.6 Å². The minimum Gasteiger partial charge on any atom is -0.321 e. The summed E-state index contributed by atoms with van der Waals surface area (Å²) in [6, 6.07) is 9.14. The molecule has 0 unspecified atom stereocenters. The predicted octanol–water partition coefficient (Wildman–Crippen LogP) is 2.32. The van der Waals surface area contributed by atoms with E-state index in [1.165, 1.54) is 6.20 Å². The van der Waals surface area contributed by atoms with Crippen molar-refractivity contribution in [3.8, 4) is 0 Å². The highest BCUT2D eigenvalue weighted by atomic mass is 35.5. The minimum atomic E-state index is -0.302. The highest BCUT2D eigenvalue weighted by molar-refractivity contribution is 6.34. The van der Waals surface area contributed by atoms with Gasteiger partial charge in [0.05, 0.1) is 11.2 Å². The topological polar surface area (TPSA) is 57.8 Å². The van der Waals surface area contributed by atoms with Crippen molar-refractivity contribution in [2.24, 2.45) is 0 Å². The van der Waals surface area contributed by atoms with Crippen LogP contribution in [0.2, 0.25) is 5.02 Å². The van der Waals surface area contributed by atoms with Crippen LogP contribution in [-0.4, -0.2) is 16.1 Å². The Balaban J connectivity index is 2.15. The SMILES string of the molecule is O=C(Nc1ccccc1)c1[nH]ncc1Cl. The fourth-order valence-electron chi connectivity index (χ4n) is 1.15. The summed E-state index contributed by atoms with van der Waals surface area (Å²) in [6.07, 6.45) is 1.39. The number of benzene rings is 1. The molecule has 0 aliphatic rings. The molecule has 1 aromatic heterocycles. The van der Waals surface area contributed by atoms with Gasteiger partial charge in [0.2, 0.25) is 0 Å². The average molecular weight is 222 g/mol. The average Bonchev–Trinajstić information content (AvgIpc) is 2.66. The third-order valence-electron chi connectivity index (χ3n) is 1.85. The van der Waals surface area contributed by atoms with Crippen LogP contribution < -0.4 is 5.32 Å². The molecule has 0 aliphatic carbocycles. The molecular formula is C10H8ClN3O. The van der Waals surface area contributed by atoms with E-state index < -0.39 is 0 Å². The molecule has 0 spiro atoms. The molecule has 2 N–H and O–H groups in total. The second kappa shape index (κ2) is 4.14. The van der Waals surface area contributed by atoms with Gasteiger partial charge in [-0.3, -0.25) is 9.89 Å². The summed E-state index contributed by atoms with van der Waals surface area (Å²) in [6.45, 7) is 0. The molecule has 0 aliphatic heterocycles. The number of para-hydroxylation sites is 1. The normalized spacial score (nSPS) is 9.93. The largest absolute Gasteiger partial charge is 0.321 e. The zero-order valence-corrected chi connectivity index (χ0v) is 8.45. The number of anilines is 1. The smallest absolute Gasteiger partial charge is 0.275 e. The van der Waals surface area contributed by atoms with Crippen molar-refractivity contribution in [3.63, 3.8) is 0 Å². The van der Waals surface area contributed by atoms with Gasteiger partial charge in [-0.05, 0) is 12.1 Å². The van der Waals surface area contributed by atoms with Crippen LogP contribution in [0.1, 0.15) is 10.5 Å². The molecule has 1 heterocycles. The van der Waals surface area contributed by atoms with E-state index >= 15 is 0 Å². The van der Waals surface area contributed by atoms with E-state index in [4.69, 9.17) is 11.6 Å². The molecule has 0 bridgehead atoms. The first kappa shape index (κ1) is 9.73. The zero-order valence-electron chi connectivity index (χ0n) is 7.70. The summed E-state index contributed by atoms with van der Waals surface area (Å²) in [4.78, 5) is 11.6. The molecule has 15 heavy (non-hydrogen) atoms. The molecule has 0 atom stereocenters. The summed E-state index contributed by atoms with van der Waals surface area (Å²) in [7, 11) is 0. The summed E-state index contributed by atoms with van der Waals surface area (Å²) < 4.78 is 0. The van der Waals surface area contributed by atoms with Crippen LogP contribution in [0.4, 0.5) is 5.69 Å². The van der Waals surface area contributed by atoms with Crippen LogP contribution in [0, 0.1) is 0 Å². The highest BCUT2D eigenvalue weighted by Crippen LogP contribution is 2.14. The summed E-state index contributed by atoms with van der Waals surface area (Å²) in [5.74, 6) is -0.302. The fraction of sp³-hybridized carbons (Fsp3) is 0. The molecule has 0 saturated heterocycles. The number of halogens is 1. The van der Waals surface area contributed by atoms with Gasteiger partial charge in [-0.15, -0.1) is 0 Å². The van der Waals surface area contributed by atoms with Crippen molar-refractivity contribution >= 4 is 23.2 Å². The lowest BCUT2D eigenvalue weighted by molar-refractivity contribution is 0.102. The van der Waals surface area contributed by atoms with Gasteiger partial charge in [0.1, 0.15) is 5.69 Å². The summed E-state index contributed by atoms with van der Waals surface area (Å²) in [5, 5.41) is 9.20. The third-order valence-corrected chi connectivity index (χ3v) is 2.14. The number of aromatic nitrogens is 2. The van der Waals surface area contributed by atoms with Gasteiger partial charge in [-0.1, -0.05) is 29.8 Å². The molecule has 1 amide bonds. The van der Waals surface area contributed by atoms with Crippen molar-refractivity contribution < 1.29 is 4.79 Å². The lowest BCUT2D eigenvalue weighted by Crippen LogP contribution is -2.12. The Labute approximate surface area is 91.3 Å². The number of nitrogens with one attached hydrogen (secondary N) is 2. The molecular weight excluding hydrogens is 214 g/mol. The van der Waals surface area contributed by atoms with Gasteiger partial charge < -0.3 is 5.32 Å². The van der Waals surface area contributed by atoms with Gasteiger partial charge in [-0.2, -0.15) is 5.10 Å². The highest BCUT2D eigenvalue weighted by Gasteiger charge is 2.11. The van der Waals surface area contributed by atoms with Crippen molar-refractivity contribution in [1.82, 2.24) is 10.2 Å². The summed E-state index contributed by atoms with van der Waals surface area (Å²) >= 11 is 5.75. The number of H-pyrrole nitrogens is 1. The number of amides is 1. The molecule has 0 radical (unpaired) electrons. The number of hydrogen-bond donors (Lipinski definition) is 2. The first-order valence-electron chi connectivity index (χ1n) is 4.32. The zero-order chi connectivity index (χ0) is 10.7. The third kappa shape index (κ3) is 2.16. The maximum Gasteiger partial charge on any atom is 0.275 e.